The summed E-state index contributed by atoms with van der Waals surface area (Å²) in [5, 5.41) is -0.230. The molecule has 150 valence electrons. The van der Waals surface area contributed by atoms with Gasteiger partial charge in [0, 0.05) is 14.0 Å². The van der Waals surface area contributed by atoms with Gasteiger partial charge in [-0.2, -0.15) is 0 Å². The van der Waals surface area contributed by atoms with Crippen LogP contribution in [0.15, 0.2) is 60.7 Å². The maximum Gasteiger partial charge on any atom is 0.186 e. The van der Waals surface area contributed by atoms with E-state index in [1.165, 1.54) is 11.8 Å². The average molecular weight is 403 g/mol. The number of ether oxygens (including phenoxy) is 4. The van der Waals surface area contributed by atoms with Crippen LogP contribution in [0.2, 0.25) is 0 Å². The Morgan fingerprint density at radius 1 is 1.00 bits per heavy atom. The Labute approximate surface area is 170 Å². The largest absolute Gasteiger partial charge is 0.374 e. The molecule has 1 unspecified atom stereocenters. The molecule has 0 bridgehead atoms. The highest BCUT2D eigenvalue weighted by Gasteiger charge is 2.47. The maximum absolute atomic E-state index is 11.8. The van der Waals surface area contributed by atoms with Crippen LogP contribution in [0.1, 0.15) is 18.1 Å². The minimum atomic E-state index is -0.514. The first-order valence-electron chi connectivity index (χ1n) is 9.30. The molecule has 5 nitrogen and oxygen atoms in total. The Morgan fingerprint density at radius 3 is 2.18 bits per heavy atom. The van der Waals surface area contributed by atoms with E-state index in [1.54, 1.807) is 14.0 Å². The molecule has 1 fully saturated rings. The summed E-state index contributed by atoms with van der Waals surface area (Å²) in [6, 6.07) is 19.9. The van der Waals surface area contributed by atoms with Crippen molar-refractivity contribution in [3.63, 3.8) is 0 Å². The topological polar surface area (TPSA) is 54.0 Å². The lowest BCUT2D eigenvalue weighted by Crippen LogP contribution is -2.36. The number of carbonyl (C=O) groups is 1. The van der Waals surface area contributed by atoms with Crippen LogP contribution < -0.4 is 0 Å². The fraction of sp³-hybridized carbons (Fsp3) is 0.409. The van der Waals surface area contributed by atoms with Gasteiger partial charge >= 0.3 is 0 Å². The second-order valence-corrected chi connectivity index (χ2v) is 7.97. The van der Waals surface area contributed by atoms with Gasteiger partial charge in [0.05, 0.1) is 25.1 Å². The molecule has 1 saturated heterocycles. The van der Waals surface area contributed by atoms with Crippen molar-refractivity contribution < 1.29 is 23.7 Å². The van der Waals surface area contributed by atoms with Crippen molar-refractivity contribution in [2.75, 3.05) is 13.7 Å². The van der Waals surface area contributed by atoms with Gasteiger partial charge in [-0.15, -0.1) is 0 Å². The van der Waals surface area contributed by atoms with Gasteiger partial charge in [0.15, 0.2) is 11.4 Å². The molecule has 0 aliphatic carbocycles. The standard InChI is InChI=1S/C22H26O5S/c1-16(23)28-21-20(26-14-18-11-7-4-8-12-18)19(27-22(21)24-2)15-25-13-17-9-5-3-6-10-17/h3-12,19-22H,13-15H2,1-2H3/t19-,20-,21-,22?/m0/s1. The third kappa shape index (κ3) is 5.90. The summed E-state index contributed by atoms with van der Waals surface area (Å²) in [7, 11) is 1.58. The number of hydrogen-bond acceptors (Lipinski definition) is 6. The Morgan fingerprint density at radius 2 is 1.61 bits per heavy atom. The zero-order chi connectivity index (χ0) is 19.8. The molecule has 2 aromatic carbocycles. The summed E-state index contributed by atoms with van der Waals surface area (Å²) in [4.78, 5) is 11.8. The van der Waals surface area contributed by atoms with E-state index in [2.05, 4.69) is 0 Å². The molecule has 0 aromatic heterocycles. The van der Waals surface area contributed by atoms with Gasteiger partial charge in [-0.05, 0) is 11.1 Å². The number of rotatable bonds is 9. The third-order valence-electron chi connectivity index (χ3n) is 4.48. The molecule has 3 rings (SSSR count). The van der Waals surface area contributed by atoms with Crippen molar-refractivity contribution >= 4 is 16.9 Å². The number of thioether (sulfide) groups is 1. The molecule has 0 spiro atoms. The second-order valence-electron chi connectivity index (χ2n) is 6.61. The highest BCUT2D eigenvalue weighted by Crippen LogP contribution is 2.35. The van der Waals surface area contributed by atoms with Crippen LogP contribution in [0, 0.1) is 0 Å². The number of carbonyl (C=O) groups excluding carboxylic acids is 1. The summed E-state index contributed by atoms with van der Waals surface area (Å²) in [6.07, 6.45) is -1.14. The molecule has 0 N–H and O–H groups in total. The predicted octanol–water partition coefficient (Wildman–Crippen LogP) is 3.81. The van der Waals surface area contributed by atoms with Crippen LogP contribution in [0.3, 0.4) is 0 Å². The van der Waals surface area contributed by atoms with Crippen molar-refractivity contribution in [3.8, 4) is 0 Å². The molecule has 2 aromatic rings. The van der Waals surface area contributed by atoms with Crippen molar-refractivity contribution in [1.29, 1.82) is 0 Å². The first kappa shape index (κ1) is 21.0. The van der Waals surface area contributed by atoms with E-state index in [0.717, 1.165) is 11.1 Å². The van der Waals surface area contributed by atoms with Crippen LogP contribution >= 0.6 is 11.8 Å². The molecule has 28 heavy (non-hydrogen) atoms. The Balaban J connectivity index is 1.65. The van der Waals surface area contributed by atoms with Gasteiger partial charge in [-0.3, -0.25) is 4.79 Å². The lowest BCUT2D eigenvalue weighted by molar-refractivity contribution is -0.137. The van der Waals surface area contributed by atoms with E-state index >= 15 is 0 Å². The molecule has 0 radical (unpaired) electrons. The van der Waals surface area contributed by atoms with Gasteiger partial charge in [0.25, 0.3) is 0 Å². The fourth-order valence-corrected chi connectivity index (χ4v) is 4.23. The van der Waals surface area contributed by atoms with Gasteiger partial charge in [-0.1, -0.05) is 72.4 Å². The summed E-state index contributed by atoms with van der Waals surface area (Å²) in [6.45, 7) is 2.85. The Kier molecular flexibility index (Phi) is 8.06. The van der Waals surface area contributed by atoms with Crippen LogP contribution in [0.5, 0.6) is 0 Å². The molecule has 4 atom stereocenters. The lowest BCUT2D eigenvalue weighted by Gasteiger charge is -2.23. The quantitative estimate of drug-likeness (QED) is 0.636. The summed E-state index contributed by atoms with van der Waals surface area (Å²) in [5.41, 5.74) is 2.17. The van der Waals surface area contributed by atoms with Crippen molar-refractivity contribution in [3.05, 3.63) is 71.8 Å². The number of benzene rings is 2. The molecule has 0 amide bonds. The normalized spacial score (nSPS) is 24.4. The minimum absolute atomic E-state index is 0.00909. The molecular formula is C22H26O5S. The molecule has 1 heterocycles. The van der Waals surface area contributed by atoms with E-state index in [1.807, 2.05) is 60.7 Å². The molecule has 0 saturated carbocycles. The molecule has 1 aliphatic heterocycles. The van der Waals surface area contributed by atoms with E-state index in [-0.39, 0.29) is 22.6 Å². The SMILES string of the molecule is COC1O[C@@H](COCc2ccccc2)[C@H](OCc2ccccc2)[C@@H]1SC(C)=O. The molecular weight excluding hydrogens is 376 g/mol. The van der Waals surface area contributed by atoms with Crippen LogP contribution in [-0.2, 0) is 37.0 Å². The molecule has 6 heteroatoms. The summed E-state index contributed by atoms with van der Waals surface area (Å²) in [5.74, 6) is 0. The van der Waals surface area contributed by atoms with Gasteiger partial charge < -0.3 is 18.9 Å². The number of hydrogen-bond donors (Lipinski definition) is 0. The lowest BCUT2D eigenvalue weighted by atomic mass is 10.1. The fourth-order valence-electron chi connectivity index (χ4n) is 3.17. The first-order chi connectivity index (χ1) is 13.7. The van der Waals surface area contributed by atoms with Crippen LogP contribution in [0.25, 0.3) is 0 Å². The van der Waals surface area contributed by atoms with Crippen molar-refractivity contribution in [2.24, 2.45) is 0 Å². The zero-order valence-corrected chi connectivity index (χ0v) is 17.0. The minimum Gasteiger partial charge on any atom is -0.374 e. The summed E-state index contributed by atoms with van der Waals surface area (Å²) >= 11 is 1.20. The third-order valence-corrected chi connectivity index (χ3v) is 5.58. The van der Waals surface area contributed by atoms with Crippen molar-refractivity contribution in [2.45, 2.75) is 43.9 Å². The van der Waals surface area contributed by atoms with E-state index in [0.29, 0.717) is 19.8 Å². The Bertz CT molecular complexity index is 724. The predicted molar refractivity (Wildman–Crippen MR) is 109 cm³/mol. The number of methoxy groups -OCH3 is 1. The summed E-state index contributed by atoms with van der Waals surface area (Å²) < 4.78 is 23.6. The van der Waals surface area contributed by atoms with E-state index < -0.39 is 6.29 Å². The highest BCUT2D eigenvalue weighted by molar-refractivity contribution is 8.14. The zero-order valence-electron chi connectivity index (χ0n) is 16.2. The monoisotopic (exact) mass is 402 g/mol. The van der Waals surface area contributed by atoms with Crippen molar-refractivity contribution in [1.82, 2.24) is 0 Å². The smallest absolute Gasteiger partial charge is 0.186 e. The first-order valence-corrected chi connectivity index (χ1v) is 10.2. The van der Waals surface area contributed by atoms with Gasteiger partial charge in [-0.25, -0.2) is 0 Å². The highest BCUT2D eigenvalue weighted by atomic mass is 32.2. The van der Waals surface area contributed by atoms with Crippen LogP contribution in [-0.4, -0.2) is 42.6 Å². The second kappa shape index (κ2) is 10.7. The van der Waals surface area contributed by atoms with Gasteiger partial charge in [0.2, 0.25) is 0 Å². The maximum atomic E-state index is 11.8. The average Bonchev–Trinajstić information content (AvgIpc) is 3.04. The van der Waals surface area contributed by atoms with E-state index in [9.17, 15) is 4.79 Å². The molecule has 1 aliphatic rings. The van der Waals surface area contributed by atoms with Gasteiger partial charge in [0.1, 0.15) is 12.2 Å². The van der Waals surface area contributed by atoms with E-state index in [4.69, 9.17) is 18.9 Å². The van der Waals surface area contributed by atoms with Crippen LogP contribution in [0.4, 0.5) is 0 Å². The Hall–Kier alpha value is -1.70.